The predicted molar refractivity (Wildman–Crippen MR) is 59.1 cm³/mol. The van der Waals surface area contributed by atoms with Crippen molar-refractivity contribution in [2.75, 3.05) is 24.2 Å². The lowest BCUT2D eigenvalue weighted by molar-refractivity contribution is 1.03. The van der Waals surface area contributed by atoms with E-state index in [1.807, 2.05) is 38.2 Å². The molecular formula is C11H16N2. The molecule has 2 heteroatoms. The van der Waals surface area contributed by atoms with Crippen LogP contribution in [0.4, 0.5) is 11.4 Å². The lowest BCUT2D eigenvalue weighted by atomic mass is 10.1. The van der Waals surface area contributed by atoms with Crippen molar-refractivity contribution in [3.8, 4) is 0 Å². The van der Waals surface area contributed by atoms with Gasteiger partial charge in [-0.1, -0.05) is 18.2 Å². The smallest absolute Gasteiger partial charge is 0.0602 e. The van der Waals surface area contributed by atoms with Crippen molar-refractivity contribution in [3.63, 3.8) is 0 Å². The van der Waals surface area contributed by atoms with Crippen molar-refractivity contribution in [2.24, 2.45) is 0 Å². The second-order valence-electron chi connectivity index (χ2n) is 3.18. The summed E-state index contributed by atoms with van der Waals surface area (Å²) in [4.78, 5) is 2.08. The van der Waals surface area contributed by atoms with E-state index in [1.165, 1.54) is 0 Å². The minimum atomic E-state index is 0.813. The van der Waals surface area contributed by atoms with Crippen LogP contribution in [-0.4, -0.2) is 13.6 Å². The van der Waals surface area contributed by atoms with Gasteiger partial charge in [0.25, 0.3) is 0 Å². The third-order valence-electron chi connectivity index (χ3n) is 2.12. The number of rotatable bonds is 3. The molecule has 2 N–H and O–H groups in total. The third-order valence-corrected chi connectivity index (χ3v) is 2.12. The van der Waals surface area contributed by atoms with E-state index >= 15 is 0 Å². The van der Waals surface area contributed by atoms with Gasteiger partial charge in [0.15, 0.2) is 0 Å². The van der Waals surface area contributed by atoms with E-state index in [4.69, 9.17) is 5.73 Å². The summed E-state index contributed by atoms with van der Waals surface area (Å²) in [5.41, 5.74) is 8.98. The summed E-state index contributed by atoms with van der Waals surface area (Å²) in [6.07, 6.45) is 1.86. The van der Waals surface area contributed by atoms with Crippen LogP contribution in [0.5, 0.6) is 0 Å². The number of aryl methyl sites for hydroxylation is 1. The van der Waals surface area contributed by atoms with E-state index in [0.717, 1.165) is 23.5 Å². The highest BCUT2D eigenvalue weighted by Gasteiger charge is 2.04. The average Bonchev–Trinajstić information content (AvgIpc) is 2.10. The van der Waals surface area contributed by atoms with Gasteiger partial charge >= 0.3 is 0 Å². The lowest BCUT2D eigenvalue weighted by Gasteiger charge is -2.20. The van der Waals surface area contributed by atoms with Gasteiger partial charge in [-0.15, -0.1) is 6.58 Å². The predicted octanol–water partition coefficient (Wildman–Crippen LogP) is 2.20. The molecule has 0 saturated carbocycles. The third kappa shape index (κ3) is 2.02. The van der Waals surface area contributed by atoms with E-state index in [0.29, 0.717) is 0 Å². The van der Waals surface area contributed by atoms with Gasteiger partial charge in [0.2, 0.25) is 0 Å². The molecule has 1 aromatic carbocycles. The highest BCUT2D eigenvalue weighted by molar-refractivity contribution is 5.70. The maximum Gasteiger partial charge on any atom is 0.0602 e. The van der Waals surface area contributed by atoms with Crippen molar-refractivity contribution >= 4 is 11.4 Å². The van der Waals surface area contributed by atoms with Crippen LogP contribution in [0.3, 0.4) is 0 Å². The molecule has 0 aliphatic rings. The first-order valence-corrected chi connectivity index (χ1v) is 4.34. The molecule has 13 heavy (non-hydrogen) atoms. The Kier molecular flexibility index (Phi) is 2.96. The molecule has 0 fully saturated rings. The van der Waals surface area contributed by atoms with Crippen LogP contribution in [0.15, 0.2) is 30.9 Å². The van der Waals surface area contributed by atoms with Crippen LogP contribution in [0, 0.1) is 6.92 Å². The zero-order valence-corrected chi connectivity index (χ0v) is 8.25. The first-order chi connectivity index (χ1) is 6.16. The molecule has 0 saturated heterocycles. The summed E-state index contributed by atoms with van der Waals surface area (Å²) in [5.74, 6) is 0. The van der Waals surface area contributed by atoms with Gasteiger partial charge in [-0.2, -0.15) is 0 Å². The SMILES string of the molecule is C=CCN(C)c1cccc(C)c1N. The second kappa shape index (κ2) is 3.99. The molecule has 0 aromatic heterocycles. The number of hydrogen-bond acceptors (Lipinski definition) is 2. The fraction of sp³-hybridized carbons (Fsp3) is 0.273. The fourth-order valence-electron chi connectivity index (χ4n) is 1.29. The van der Waals surface area contributed by atoms with Gasteiger partial charge in [0.1, 0.15) is 0 Å². The highest BCUT2D eigenvalue weighted by atomic mass is 15.1. The molecule has 0 bridgehead atoms. The van der Waals surface area contributed by atoms with E-state index in [1.54, 1.807) is 0 Å². The molecule has 70 valence electrons. The second-order valence-corrected chi connectivity index (χ2v) is 3.18. The number of nitrogens with zero attached hydrogens (tertiary/aromatic N) is 1. The molecule has 0 amide bonds. The van der Waals surface area contributed by atoms with Crippen molar-refractivity contribution in [2.45, 2.75) is 6.92 Å². The minimum Gasteiger partial charge on any atom is -0.397 e. The molecule has 0 spiro atoms. The number of hydrogen-bond donors (Lipinski definition) is 1. The molecule has 2 nitrogen and oxygen atoms in total. The van der Waals surface area contributed by atoms with Crippen LogP contribution < -0.4 is 10.6 Å². The lowest BCUT2D eigenvalue weighted by Crippen LogP contribution is -2.18. The molecular weight excluding hydrogens is 160 g/mol. The van der Waals surface area contributed by atoms with E-state index < -0.39 is 0 Å². The normalized spacial score (nSPS) is 9.69. The maximum atomic E-state index is 5.94. The summed E-state index contributed by atoms with van der Waals surface area (Å²) in [6.45, 7) is 6.52. The number of anilines is 2. The van der Waals surface area contributed by atoms with Crippen LogP contribution in [0.2, 0.25) is 0 Å². The molecule has 0 heterocycles. The molecule has 1 aromatic rings. The topological polar surface area (TPSA) is 29.3 Å². The maximum absolute atomic E-state index is 5.94. The monoisotopic (exact) mass is 176 g/mol. The number of nitrogen functional groups attached to an aromatic ring is 1. The highest BCUT2D eigenvalue weighted by Crippen LogP contribution is 2.24. The Hall–Kier alpha value is -1.44. The van der Waals surface area contributed by atoms with E-state index in [9.17, 15) is 0 Å². The van der Waals surface area contributed by atoms with Gasteiger partial charge in [-0.3, -0.25) is 0 Å². The number of benzene rings is 1. The van der Waals surface area contributed by atoms with Crippen LogP contribution in [0.1, 0.15) is 5.56 Å². The van der Waals surface area contributed by atoms with E-state index in [-0.39, 0.29) is 0 Å². The standard InChI is InChI=1S/C11H16N2/c1-4-8-13(3)10-7-5-6-9(2)11(10)12/h4-7H,1,8,12H2,2-3H3. The molecule has 0 unspecified atom stereocenters. The number of para-hydroxylation sites is 1. The molecule has 0 atom stereocenters. The van der Waals surface area contributed by atoms with Gasteiger partial charge in [-0.25, -0.2) is 0 Å². The minimum absolute atomic E-state index is 0.813. The molecule has 1 rings (SSSR count). The summed E-state index contributed by atoms with van der Waals surface area (Å²) in [5, 5.41) is 0. The van der Waals surface area contributed by atoms with Crippen molar-refractivity contribution in [3.05, 3.63) is 36.4 Å². The molecule has 0 radical (unpaired) electrons. The Labute approximate surface area is 79.7 Å². The Bertz CT molecular complexity index is 305. The zero-order valence-electron chi connectivity index (χ0n) is 8.25. The number of nitrogens with two attached hydrogens (primary N) is 1. The van der Waals surface area contributed by atoms with Crippen molar-refractivity contribution in [1.29, 1.82) is 0 Å². The zero-order chi connectivity index (χ0) is 9.84. The van der Waals surface area contributed by atoms with Gasteiger partial charge in [-0.05, 0) is 18.6 Å². The van der Waals surface area contributed by atoms with Crippen LogP contribution >= 0.6 is 0 Å². The summed E-state index contributed by atoms with van der Waals surface area (Å²) < 4.78 is 0. The Morgan fingerprint density at radius 1 is 1.54 bits per heavy atom. The average molecular weight is 176 g/mol. The first kappa shape index (κ1) is 9.65. The van der Waals surface area contributed by atoms with Crippen LogP contribution in [0.25, 0.3) is 0 Å². The van der Waals surface area contributed by atoms with Crippen molar-refractivity contribution in [1.82, 2.24) is 0 Å². The van der Waals surface area contributed by atoms with Gasteiger partial charge < -0.3 is 10.6 Å². The van der Waals surface area contributed by atoms with Gasteiger partial charge in [0.05, 0.1) is 11.4 Å². The Morgan fingerprint density at radius 3 is 2.85 bits per heavy atom. The number of likely N-dealkylation sites (N-methyl/N-ethyl adjacent to an activating group) is 1. The summed E-state index contributed by atoms with van der Waals surface area (Å²) in [6, 6.07) is 6.05. The summed E-state index contributed by atoms with van der Waals surface area (Å²) >= 11 is 0. The van der Waals surface area contributed by atoms with Gasteiger partial charge in [0, 0.05) is 13.6 Å². The largest absolute Gasteiger partial charge is 0.397 e. The quantitative estimate of drug-likeness (QED) is 0.565. The Morgan fingerprint density at radius 2 is 2.23 bits per heavy atom. The Balaban J connectivity index is 3.00. The summed E-state index contributed by atoms with van der Waals surface area (Å²) in [7, 11) is 2.01. The van der Waals surface area contributed by atoms with Crippen molar-refractivity contribution < 1.29 is 0 Å². The van der Waals surface area contributed by atoms with E-state index in [2.05, 4.69) is 11.5 Å². The molecule has 0 aliphatic heterocycles. The fourth-order valence-corrected chi connectivity index (χ4v) is 1.29. The first-order valence-electron chi connectivity index (χ1n) is 4.34. The molecule has 0 aliphatic carbocycles. The van der Waals surface area contributed by atoms with Crippen LogP contribution in [-0.2, 0) is 0 Å².